The number of likely N-dealkylation sites (tertiary alicyclic amines) is 1. The number of hydrogen-bond acceptors (Lipinski definition) is 5. The van der Waals surface area contributed by atoms with Gasteiger partial charge in [0.25, 0.3) is 11.8 Å². The molecule has 1 aliphatic heterocycles. The van der Waals surface area contributed by atoms with Crippen molar-refractivity contribution in [1.29, 1.82) is 0 Å². The van der Waals surface area contributed by atoms with Crippen LogP contribution in [0.25, 0.3) is 0 Å². The van der Waals surface area contributed by atoms with Crippen LogP contribution in [-0.2, 0) is 0 Å². The first-order valence-corrected chi connectivity index (χ1v) is 8.93. The molecule has 2 aromatic heterocycles. The standard InChI is InChI=1S/C17H21N3O3S.ClH/c1-18-10-12-4-2-7-20(11-12)17(22)13-6-9-24-16(13)19-15(21)14-5-3-8-23-14;/h3,5-6,8-9,12,18H,2,4,7,10-11H2,1H3,(H,19,21);1H. The second-order valence-corrected chi connectivity index (χ2v) is 6.83. The highest BCUT2D eigenvalue weighted by Crippen LogP contribution is 2.27. The smallest absolute Gasteiger partial charge is 0.291 e. The van der Waals surface area contributed by atoms with Gasteiger partial charge in [-0.3, -0.25) is 9.59 Å². The Bertz CT molecular complexity index is 700. The Morgan fingerprint density at radius 2 is 2.24 bits per heavy atom. The Labute approximate surface area is 157 Å². The first kappa shape index (κ1) is 19.5. The van der Waals surface area contributed by atoms with Crippen LogP contribution in [0.5, 0.6) is 0 Å². The summed E-state index contributed by atoms with van der Waals surface area (Å²) in [6.45, 7) is 2.43. The van der Waals surface area contributed by atoms with Crippen LogP contribution in [-0.4, -0.2) is 43.4 Å². The number of nitrogens with zero attached hydrogens (tertiary/aromatic N) is 1. The van der Waals surface area contributed by atoms with Crippen LogP contribution >= 0.6 is 23.7 Å². The molecule has 1 fully saturated rings. The van der Waals surface area contributed by atoms with Crippen LogP contribution in [0.4, 0.5) is 5.00 Å². The molecular weight excluding hydrogens is 362 g/mol. The molecule has 0 spiro atoms. The Balaban J connectivity index is 0.00000225. The molecule has 1 saturated heterocycles. The molecule has 0 saturated carbocycles. The zero-order valence-corrected chi connectivity index (χ0v) is 15.6. The lowest BCUT2D eigenvalue weighted by molar-refractivity contribution is 0.0676. The first-order valence-electron chi connectivity index (χ1n) is 8.05. The maximum Gasteiger partial charge on any atom is 0.291 e. The van der Waals surface area contributed by atoms with Gasteiger partial charge in [-0.05, 0) is 55.9 Å². The zero-order chi connectivity index (χ0) is 16.9. The number of furan rings is 1. The average Bonchev–Trinajstić information content (AvgIpc) is 3.26. The monoisotopic (exact) mass is 383 g/mol. The maximum absolute atomic E-state index is 12.8. The van der Waals surface area contributed by atoms with Gasteiger partial charge in [-0.25, -0.2) is 0 Å². The van der Waals surface area contributed by atoms with Crippen molar-refractivity contribution in [3.63, 3.8) is 0 Å². The van der Waals surface area contributed by atoms with E-state index in [1.807, 2.05) is 17.3 Å². The average molecular weight is 384 g/mol. The van der Waals surface area contributed by atoms with Gasteiger partial charge in [-0.1, -0.05) is 0 Å². The molecule has 2 amide bonds. The summed E-state index contributed by atoms with van der Waals surface area (Å²) >= 11 is 1.35. The molecule has 1 unspecified atom stereocenters. The van der Waals surface area contributed by atoms with E-state index >= 15 is 0 Å². The predicted octanol–water partition coefficient (Wildman–Crippen LogP) is 3.09. The summed E-state index contributed by atoms with van der Waals surface area (Å²) < 4.78 is 5.09. The minimum atomic E-state index is -0.344. The first-order chi connectivity index (χ1) is 11.7. The van der Waals surface area contributed by atoms with Gasteiger partial charge in [0.2, 0.25) is 0 Å². The number of carbonyl (C=O) groups is 2. The molecule has 25 heavy (non-hydrogen) atoms. The predicted molar refractivity (Wildman–Crippen MR) is 101 cm³/mol. The Morgan fingerprint density at radius 1 is 1.40 bits per heavy atom. The van der Waals surface area contributed by atoms with E-state index in [1.54, 1.807) is 18.2 Å². The van der Waals surface area contributed by atoms with Crippen LogP contribution < -0.4 is 10.6 Å². The van der Waals surface area contributed by atoms with E-state index in [2.05, 4.69) is 10.6 Å². The minimum absolute atomic E-state index is 0. The van der Waals surface area contributed by atoms with Gasteiger partial charge >= 0.3 is 0 Å². The van der Waals surface area contributed by atoms with E-state index in [0.717, 1.165) is 32.5 Å². The lowest BCUT2D eigenvalue weighted by Crippen LogP contribution is -2.42. The maximum atomic E-state index is 12.8. The number of anilines is 1. The number of amides is 2. The van der Waals surface area contributed by atoms with Crippen molar-refractivity contribution in [3.8, 4) is 0 Å². The van der Waals surface area contributed by atoms with Crippen molar-refractivity contribution in [3.05, 3.63) is 41.2 Å². The Hall–Kier alpha value is -1.83. The number of carbonyl (C=O) groups excluding carboxylic acids is 2. The topological polar surface area (TPSA) is 74.6 Å². The zero-order valence-electron chi connectivity index (χ0n) is 14.0. The molecular formula is C17H22ClN3O3S. The van der Waals surface area contributed by atoms with E-state index in [0.29, 0.717) is 16.5 Å². The third-order valence-corrected chi connectivity index (χ3v) is 5.00. The number of piperidine rings is 1. The molecule has 0 aliphatic carbocycles. The van der Waals surface area contributed by atoms with E-state index in [4.69, 9.17) is 4.42 Å². The highest BCUT2D eigenvalue weighted by atomic mass is 35.5. The van der Waals surface area contributed by atoms with Crippen molar-refractivity contribution in [2.75, 3.05) is 32.0 Å². The molecule has 1 atom stereocenters. The largest absolute Gasteiger partial charge is 0.459 e. The molecule has 2 N–H and O–H groups in total. The van der Waals surface area contributed by atoms with Gasteiger partial charge in [-0.15, -0.1) is 23.7 Å². The van der Waals surface area contributed by atoms with Crippen LogP contribution in [0, 0.1) is 5.92 Å². The minimum Gasteiger partial charge on any atom is -0.459 e. The molecule has 0 radical (unpaired) electrons. The van der Waals surface area contributed by atoms with E-state index in [9.17, 15) is 9.59 Å². The SMILES string of the molecule is CNCC1CCCN(C(=O)c2ccsc2NC(=O)c2ccco2)C1.Cl. The van der Waals surface area contributed by atoms with Crippen molar-refractivity contribution in [2.24, 2.45) is 5.92 Å². The van der Waals surface area contributed by atoms with E-state index in [-0.39, 0.29) is 30.0 Å². The number of rotatable bonds is 5. The fraction of sp³-hybridized carbons (Fsp3) is 0.412. The third-order valence-electron chi connectivity index (χ3n) is 4.17. The summed E-state index contributed by atoms with van der Waals surface area (Å²) in [5.74, 6) is 0.344. The second kappa shape index (κ2) is 9.03. The quantitative estimate of drug-likeness (QED) is 0.832. The molecule has 2 aromatic rings. The normalized spacial score (nSPS) is 17.0. The number of nitrogens with one attached hydrogen (secondary N) is 2. The van der Waals surface area contributed by atoms with Crippen LogP contribution in [0.15, 0.2) is 34.3 Å². The molecule has 1 aliphatic rings. The van der Waals surface area contributed by atoms with Gasteiger partial charge < -0.3 is 20.0 Å². The summed E-state index contributed by atoms with van der Waals surface area (Å²) in [7, 11) is 1.93. The van der Waals surface area contributed by atoms with Gasteiger partial charge in [0.05, 0.1) is 11.8 Å². The van der Waals surface area contributed by atoms with E-state index < -0.39 is 0 Å². The van der Waals surface area contributed by atoms with Crippen LogP contribution in [0.1, 0.15) is 33.8 Å². The number of hydrogen-bond donors (Lipinski definition) is 2. The highest BCUT2D eigenvalue weighted by molar-refractivity contribution is 7.14. The summed E-state index contributed by atoms with van der Waals surface area (Å²) in [4.78, 5) is 26.9. The summed E-state index contributed by atoms with van der Waals surface area (Å²) in [6, 6.07) is 5.02. The molecule has 136 valence electrons. The van der Waals surface area contributed by atoms with Crippen LogP contribution in [0.3, 0.4) is 0 Å². The Morgan fingerprint density at radius 3 is 2.96 bits per heavy atom. The number of halogens is 1. The molecule has 0 aromatic carbocycles. The van der Waals surface area contributed by atoms with Gasteiger partial charge in [0.1, 0.15) is 5.00 Å². The van der Waals surface area contributed by atoms with Crippen LogP contribution in [0.2, 0.25) is 0 Å². The van der Waals surface area contributed by atoms with E-state index in [1.165, 1.54) is 17.6 Å². The lowest BCUT2D eigenvalue weighted by atomic mass is 9.97. The fourth-order valence-corrected chi connectivity index (χ4v) is 3.80. The fourth-order valence-electron chi connectivity index (χ4n) is 3.02. The third kappa shape index (κ3) is 4.62. The molecule has 6 nitrogen and oxygen atoms in total. The summed E-state index contributed by atoms with van der Waals surface area (Å²) in [5.41, 5.74) is 0.546. The molecule has 3 heterocycles. The summed E-state index contributed by atoms with van der Waals surface area (Å²) in [5, 5.41) is 8.34. The van der Waals surface area contributed by atoms with Crippen molar-refractivity contribution < 1.29 is 14.0 Å². The molecule has 8 heteroatoms. The summed E-state index contributed by atoms with van der Waals surface area (Å²) in [6.07, 6.45) is 3.59. The van der Waals surface area contributed by atoms with Gasteiger partial charge in [0, 0.05) is 13.1 Å². The molecule has 3 rings (SSSR count). The second-order valence-electron chi connectivity index (χ2n) is 5.91. The van der Waals surface area contributed by atoms with Crippen molar-refractivity contribution in [1.82, 2.24) is 10.2 Å². The lowest BCUT2D eigenvalue weighted by Gasteiger charge is -2.32. The number of thiophene rings is 1. The van der Waals surface area contributed by atoms with Crippen molar-refractivity contribution >= 4 is 40.6 Å². The van der Waals surface area contributed by atoms with Crippen molar-refractivity contribution in [2.45, 2.75) is 12.8 Å². The Kier molecular flexibility index (Phi) is 7.04. The highest BCUT2D eigenvalue weighted by Gasteiger charge is 2.26. The molecule has 0 bridgehead atoms. The van der Waals surface area contributed by atoms with Gasteiger partial charge in [-0.2, -0.15) is 0 Å². The van der Waals surface area contributed by atoms with Gasteiger partial charge in [0.15, 0.2) is 5.76 Å².